The Morgan fingerprint density at radius 2 is 1.71 bits per heavy atom. The average Bonchev–Trinajstić information content (AvgIpc) is 3.17. The van der Waals surface area contributed by atoms with Gasteiger partial charge >= 0.3 is 5.97 Å². The first-order valence-electron chi connectivity index (χ1n) is 12.5. The molecule has 1 atom stereocenters. The van der Waals surface area contributed by atoms with E-state index in [0.717, 1.165) is 6.07 Å². The van der Waals surface area contributed by atoms with Crippen molar-refractivity contribution in [3.8, 4) is 23.3 Å². The van der Waals surface area contributed by atoms with Crippen molar-refractivity contribution in [2.24, 2.45) is 0 Å². The number of sulfonamides is 1. The molecule has 0 aliphatic carbocycles. The second-order valence-corrected chi connectivity index (χ2v) is 10.9. The summed E-state index contributed by atoms with van der Waals surface area (Å²) >= 11 is 0. The number of carboxylic acid groups (broad SMARTS) is 1. The van der Waals surface area contributed by atoms with E-state index in [1.54, 1.807) is 36.6 Å². The summed E-state index contributed by atoms with van der Waals surface area (Å²) in [6.07, 6.45) is -0.203. The van der Waals surface area contributed by atoms with Crippen molar-refractivity contribution in [1.29, 1.82) is 0 Å². The number of nitrogens with one attached hydrogen (secondary N) is 1. The Hall–Kier alpha value is -4.40. The van der Waals surface area contributed by atoms with Gasteiger partial charge in [0, 0.05) is 35.6 Å². The topological polar surface area (TPSA) is 107 Å². The van der Waals surface area contributed by atoms with E-state index >= 15 is 0 Å². The summed E-state index contributed by atoms with van der Waals surface area (Å²) in [7, 11) is -2.74. The van der Waals surface area contributed by atoms with E-state index in [9.17, 15) is 27.1 Å². The lowest BCUT2D eigenvalue weighted by molar-refractivity contribution is -0.138. The average molecular weight is 583 g/mol. The van der Waals surface area contributed by atoms with E-state index in [0.29, 0.717) is 39.2 Å². The number of aliphatic carboxylic acids is 1. The van der Waals surface area contributed by atoms with Crippen LogP contribution in [0.2, 0.25) is 0 Å². The van der Waals surface area contributed by atoms with Crippen LogP contribution in [-0.2, 0) is 27.8 Å². The molecule has 8 nitrogen and oxygen atoms in total. The quantitative estimate of drug-likeness (QED) is 0.249. The van der Waals surface area contributed by atoms with E-state index in [2.05, 4.69) is 16.6 Å². The van der Waals surface area contributed by atoms with Crippen molar-refractivity contribution in [1.82, 2.24) is 9.29 Å². The van der Waals surface area contributed by atoms with Crippen LogP contribution in [0.15, 0.2) is 65.6 Å². The number of benzene rings is 3. The van der Waals surface area contributed by atoms with Gasteiger partial charge in [0.1, 0.15) is 35.8 Å². The first-order chi connectivity index (χ1) is 19.5. The van der Waals surface area contributed by atoms with Gasteiger partial charge < -0.3 is 19.1 Å². The highest BCUT2D eigenvalue weighted by atomic mass is 32.2. The number of carbonyl (C=O) groups is 1. The van der Waals surface area contributed by atoms with E-state index < -0.39 is 33.7 Å². The zero-order valence-electron chi connectivity index (χ0n) is 22.6. The Morgan fingerprint density at radius 1 is 1.05 bits per heavy atom. The molecule has 0 saturated heterocycles. The van der Waals surface area contributed by atoms with Crippen molar-refractivity contribution in [2.75, 3.05) is 13.7 Å². The van der Waals surface area contributed by atoms with E-state index in [1.807, 2.05) is 0 Å². The van der Waals surface area contributed by atoms with Gasteiger partial charge in [-0.15, -0.1) is 5.92 Å². The molecule has 0 radical (unpaired) electrons. The number of hydrogen-bond acceptors (Lipinski definition) is 5. The zero-order chi connectivity index (χ0) is 29.7. The fourth-order valence-electron chi connectivity index (χ4n) is 4.55. The molecule has 41 heavy (non-hydrogen) atoms. The minimum absolute atomic E-state index is 0.102. The van der Waals surface area contributed by atoms with E-state index in [1.165, 1.54) is 43.5 Å². The number of carboxylic acids is 1. The van der Waals surface area contributed by atoms with Crippen molar-refractivity contribution in [3.05, 3.63) is 89.1 Å². The van der Waals surface area contributed by atoms with Crippen LogP contribution in [-0.4, -0.2) is 43.8 Å². The van der Waals surface area contributed by atoms with Gasteiger partial charge in [-0.1, -0.05) is 5.92 Å². The molecule has 0 fully saturated rings. The predicted octanol–water partition coefficient (Wildman–Crippen LogP) is 4.66. The lowest BCUT2D eigenvalue weighted by Gasteiger charge is -2.16. The number of nitrogens with zero attached hydrogens (tertiary/aromatic N) is 1. The Labute approximate surface area is 236 Å². The third-order valence-corrected chi connectivity index (χ3v) is 8.04. The molecule has 1 aromatic heterocycles. The van der Waals surface area contributed by atoms with Crippen LogP contribution in [0.1, 0.15) is 23.7 Å². The maximum Gasteiger partial charge on any atom is 0.322 e. The summed E-state index contributed by atoms with van der Waals surface area (Å²) in [6, 6.07) is 12.4. The van der Waals surface area contributed by atoms with Gasteiger partial charge in [-0.25, -0.2) is 17.2 Å². The van der Waals surface area contributed by atoms with Gasteiger partial charge in [0.25, 0.3) is 0 Å². The maximum atomic E-state index is 13.9. The number of methoxy groups -OCH3 is 1. The molecule has 1 heterocycles. The largest absolute Gasteiger partial charge is 0.497 e. The smallest absolute Gasteiger partial charge is 0.322 e. The predicted molar refractivity (Wildman–Crippen MR) is 150 cm³/mol. The Bertz CT molecular complexity index is 1740. The van der Waals surface area contributed by atoms with Crippen molar-refractivity contribution >= 4 is 26.9 Å². The number of hydrogen-bond donors (Lipinski definition) is 2. The molecule has 4 aromatic rings. The highest BCUT2D eigenvalue weighted by molar-refractivity contribution is 7.89. The van der Waals surface area contributed by atoms with Gasteiger partial charge in [0.15, 0.2) is 0 Å². The molecule has 214 valence electrons. The fraction of sp³-hybridized carbons (Fsp3) is 0.233. The molecule has 0 unspecified atom stereocenters. The standard InChI is InChI=1S/C30H28F2N2O6S/c1-4-5-12-40-23-6-9-25(10-7-23)41(37,38)33-28(30(35)36)17-26-19(2)34(18-20-13-21(31)15-22(32)14-20)29-11-8-24(39-3)16-27(26)29/h6-11,13-16,28,33H,12,17-18H2,1-3H3,(H,35,36)/t28-/m0/s1. The van der Waals surface area contributed by atoms with Crippen LogP contribution in [0.25, 0.3) is 10.9 Å². The van der Waals surface area contributed by atoms with Crippen LogP contribution in [0, 0.1) is 30.4 Å². The molecule has 0 aliphatic rings. The van der Waals surface area contributed by atoms with Gasteiger partial charge in [-0.3, -0.25) is 4.79 Å². The van der Waals surface area contributed by atoms with Gasteiger partial charge in [-0.2, -0.15) is 4.72 Å². The molecular weight excluding hydrogens is 554 g/mol. The molecule has 11 heteroatoms. The molecule has 0 saturated carbocycles. The fourth-order valence-corrected chi connectivity index (χ4v) is 5.74. The van der Waals surface area contributed by atoms with Crippen LogP contribution in [0.3, 0.4) is 0 Å². The first-order valence-corrected chi connectivity index (χ1v) is 14.0. The summed E-state index contributed by atoms with van der Waals surface area (Å²) in [6.45, 7) is 3.66. The monoisotopic (exact) mass is 582 g/mol. The third kappa shape index (κ3) is 6.85. The first kappa shape index (κ1) is 29.6. The normalized spacial score (nSPS) is 12.0. The Balaban J connectivity index is 1.68. The molecule has 0 amide bonds. The molecule has 3 aromatic carbocycles. The van der Waals surface area contributed by atoms with Crippen LogP contribution in [0.4, 0.5) is 8.78 Å². The number of halogens is 2. The van der Waals surface area contributed by atoms with Gasteiger partial charge in [-0.05, 0) is 79.6 Å². The number of aromatic nitrogens is 1. The SMILES string of the molecule is CC#CCOc1ccc(S(=O)(=O)N[C@@H](Cc2c(C)n(Cc3cc(F)cc(F)c3)c3ccc(OC)cc23)C(=O)O)cc1. The Morgan fingerprint density at radius 3 is 2.32 bits per heavy atom. The molecule has 2 N–H and O–H groups in total. The second-order valence-electron chi connectivity index (χ2n) is 9.21. The summed E-state index contributed by atoms with van der Waals surface area (Å²) in [5.74, 6) is 3.54. The summed E-state index contributed by atoms with van der Waals surface area (Å²) in [5.41, 5.74) is 2.19. The van der Waals surface area contributed by atoms with Crippen molar-refractivity contribution in [3.63, 3.8) is 0 Å². The van der Waals surface area contributed by atoms with Crippen LogP contribution >= 0.6 is 0 Å². The summed E-state index contributed by atoms with van der Waals surface area (Å²) in [5, 5.41) is 10.6. The highest BCUT2D eigenvalue weighted by Crippen LogP contribution is 2.31. The maximum absolute atomic E-state index is 13.9. The summed E-state index contributed by atoms with van der Waals surface area (Å²) < 4.78 is 68.9. The van der Waals surface area contributed by atoms with Gasteiger partial charge in [0.05, 0.1) is 12.0 Å². The molecule has 0 bridgehead atoms. The molecular formula is C30H28F2N2O6S. The number of rotatable bonds is 11. The molecule has 0 spiro atoms. The summed E-state index contributed by atoms with van der Waals surface area (Å²) in [4.78, 5) is 12.1. The van der Waals surface area contributed by atoms with Crippen molar-refractivity contribution in [2.45, 2.75) is 37.8 Å². The van der Waals surface area contributed by atoms with Crippen LogP contribution < -0.4 is 14.2 Å². The lowest BCUT2D eigenvalue weighted by Crippen LogP contribution is -2.42. The minimum Gasteiger partial charge on any atom is -0.497 e. The molecule has 0 aliphatic heterocycles. The Kier molecular flexibility index (Phi) is 8.95. The minimum atomic E-state index is -4.23. The zero-order valence-corrected chi connectivity index (χ0v) is 23.4. The van der Waals surface area contributed by atoms with Crippen molar-refractivity contribution < 1.29 is 36.6 Å². The van der Waals surface area contributed by atoms with E-state index in [-0.39, 0.29) is 24.5 Å². The number of ether oxygens (including phenoxy) is 2. The second kappa shape index (κ2) is 12.4. The third-order valence-electron chi connectivity index (χ3n) is 6.55. The lowest BCUT2D eigenvalue weighted by atomic mass is 10.0. The highest BCUT2D eigenvalue weighted by Gasteiger charge is 2.28. The van der Waals surface area contributed by atoms with E-state index in [4.69, 9.17) is 9.47 Å². The van der Waals surface area contributed by atoms with Crippen LogP contribution in [0.5, 0.6) is 11.5 Å². The molecule has 4 rings (SSSR count). The number of fused-ring (bicyclic) bond motifs is 1. The van der Waals surface area contributed by atoms with Gasteiger partial charge in [0.2, 0.25) is 10.0 Å².